The van der Waals surface area contributed by atoms with Crippen molar-refractivity contribution in [3.8, 4) is 0 Å². The first-order valence-electron chi connectivity index (χ1n) is 4.90. The molecule has 3 heteroatoms. The Morgan fingerprint density at radius 1 is 1.50 bits per heavy atom. The minimum absolute atomic E-state index is 0.167. The van der Waals surface area contributed by atoms with Gasteiger partial charge < -0.3 is 10.1 Å². The highest BCUT2D eigenvalue weighted by molar-refractivity contribution is 5.17. The first kappa shape index (κ1) is 9.62. The summed E-state index contributed by atoms with van der Waals surface area (Å²) in [4.78, 5) is 0. The summed E-state index contributed by atoms with van der Waals surface area (Å²) in [5.41, 5.74) is 1.02. The Bertz CT molecular complexity index is 297. The van der Waals surface area contributed by atoms with Crippen LogP contribution in [0.25, 0.3) is 0 Å². The van der Waals surface area contributed by atoms with E-state index in [-0.39, 0.29) is 5.82 Å². The van der Waals surface area contributed by atoms with E-state index in [1.54, 1.807) is 12.1 Å². The highest BCUT2D eigenvalue weighted by atomic mass is 19.1. The summed E-state index contributed by atoms with van der Waals surface area (Å²) in [6.07, 6.45) is 0.831. The number of hydrogen-bond acceptors (Lipinski definition) is 2. The lowest BCUT2D eigenvalue weighted by atomic mass is 10.1. The molecule has 0 aromatic heterocycles. The van der Waals surface area contributed by atoms with Gasteiger partial charge in [-0.3, -0.25) is 0 Å². The molecule has 1 saturated heterocycles. The van der Waals surface area contributed by atoms with E-state index in [9.17, 15) is 4.39 Å². The smallest absolute Gasteiger partial charge is 0.123 e. The van der Waals surface area contributed by atoms with Gasteiger partial charge in [-0.25, -0.2) is 4.39 Å². The third-order valence-electron chi connectivity index (χ3n) is 2.37. The predicted octanol–water partition coefficient (Wildman–Crippen LogP) is 1.36. The van der Waals surface area contributed by atoms with Gasteiger partial charge in [0.2, 0.25) is 0 Å². The maximum atomic E-state index is 12.9. The Balaban J connectivity index is 1.95. The standard InChI is InChI=1S/C11H14FNO/c12-10-3-1-2-9(6-10)7-11-8-14-5-4-13-11/h1-3,6,11,13H,4-5,7-8H2/t11-/m1/s1. The van der Waals surface area contributed by atoms with Crippen molar-refractivity contribution in [3.63, 3.8) is 0 Å². The van der Waals surface area contributed by atoms with Gasteiger partial charge in [0.05, 0.1) is 13.2 Å². The number of halogens is 1. The molecule has 1 heterocycles. The summed E-state index contributed by atoms with van der Waals surface area (Å²) < 4.78 is 18.2. The minimum atomic E-state index is -0.167. The van der Waals surface area contributed by atoms with Crippen LogP contribution in [0.5, 0.6) is 0 Å². The molecular weight excluding hydrogens is 181 g/mol. The molecule has 1 aromatic rings. The average molecular weight is 195 g/mol. The monoisotopic (exact) mass is 195 g/mol. The zero-order valence-electron chi connectivity index (χ0n) is 8.00. The number of nitrogens with one attached hydrogen (secondary N) is 1. The zero-order chi connectivity index (χ0) is 9.80. The zero-order valence-corrected chi connectivity index (χ0v) is 8.00. The van der Waals surface area contributed by atoms with Crippen LogP contribution < -0.4 is 5.32 Å². The molecule has 1 atom stereocenters. The molecule has 14 heavy (non-hydrogen) atoms. The number of hydrogen-bond donors (Lipinski definition) is 1. The number of benzene rings is 1. The molecule has 0 aliphatic carbocycles. The van der Waals surface area contributed by atoms with E-state index in [1.807, 2.05) is 6.07 Å². The van der Waals surface area contributed by atoms with Crippen LogP contribution in [0, 0.1) is 5.82 Å². The first-order chi connectivity index (χ1) is 6.84. The van der Waals surface area contributed by atoms with E-state index in [4.69, 9.17) is 4.74 Å². The average Bonchev–Trinajstić information content (AvgIpc) is 2.19. The van der Waals surface area contributed by atoms with Crippen molar-refractivity contribution < 1.29 is 9.13 Å². The Labute approximate surface area is 83.1 Å². The van der Waals surface area contributed by atoms with E-state index in [0.29, 0.717) is 6.04 Å². The lowest BCUT2D eigenvalue weighted by Crippen LogP contribution is -2.42. The van der Waals surface area contributed by atoms with Crippen molar-refractivity contribution in [1.29, 1.82) is 0 Å². The fourth-order valence-corrected chi connectivity index (χ4v) is 1.70. The third kappa shape index (κ3) is 2.53. The summed E-state index contributed by atoms with van der Waals surface area (Å²) in [7, 11) is 0. The van der Waals surface area contributed by atoms with Crippen LogP contribution in [0.1, 0.15) is 5.56 Å². The molecule has 0 unspecified atom stereocenters. The quantitative estimate of drug-likeness (QED) is 0.769. The molecule has 76 valence electrons. The van der Waals surface area contributed by atoms with Crippen LogP contribution in [0.4, 0.5) is 4.39 Å². The van der Waals surface area contributed by atoms with Gasteiger partial charge >= 0.3 is 0 Å². The number of ether oxygens (including phenoxy) is 1. The van der Waals surface area contributed by atoms with E-state index in [0.717, 1.165) is 31.7 Å². The second-order valence-electron chi connectivity index (χ2n) is 3.56. The molecule has 1 fully saturated rings. The van der Waals surface area contributed by atoms with Crippen molar-refractivity contribution in [2.24, 2.45) is 0 Å². The lowest BCUT2D eigenvalue weighted by Gasteiger charge is -2.23. The van der Waals surface area contributed by atoms with Crippen molar-refractivity contribution in [2.75, 3.05) is 19.8 Å². The van der Waals surface area contributed by atoms with Crippen molar-refractivity contribution in [1.82, 2.24) is 5.32 Å². The molecule has 2 rings (SSSR count). The Hall–Kier alpha value is -0.930. The topological polar surface area (TPSA) is 21.3 Å². The second kappa shape index (κ2) is 4.53. The van der Waals surface area contributed by atoms with Gasteiger partial charge in [0.1, 0.15) is 5.82 Å². The molecule has 0 bridgehead atoms. The normalized spacial score (nSPS) is 22.2. The molecule has 1 aliphatic rings. The fraction of sp³-hybridized carbons (Fsp3) is 0.455. The van der Waals surface area contributed by atoms with Gasteiger partial charge in [-0.2, -0.15) is 0 Å². The van der Waals surface area contributed by atoms with Crippen molar-refractivity contribution in [2.45, 2.75) is 12.5 Å². The minimum Gasteiger partial charge on any atom is -0.379 e. The maximum absolute atomic E-state index is 12.9. The molecule has 1 N–H and O–H groups in total. The van der Waals surface area contributed by atoms with Crippen molar-refractivity contribution in [3.05, 3.63) is 35.6 Å². The predicted molar refractivity (Wildman–Crippen MR) is 52.7 cm³/mol. The van der Waals surface area contributed by atoms with E-state index >= 15 is 0 Å². The van der Waals surface area contributed by atoms with Gasteiger partial charge in [-0.15, -0.1) is 0 Å². The maximum Gasteiger partial charge on any atom is 0.123 e. The summed E-state index contributed by atoms with van der Waals surface area (Å²) in [5, 5.41) is 3.34. The Kier molecular flexibility index (Phi) is 3.11. The van der Waals surface area contributed by atoms with Gasteiger partial charge in [-0.1, -0.05) is 12.1 Å². The highest BCUT2D eigenvalue weighted by Crippen LogP contribution is 2.07. The molecule has 1 aliphatic heterocycles. The highest BCUT2D eigenvalue weighted by Gasteiger charge is 2.13. The Morgan fingerprint density at radius 3 is 3.14 bits per heavy atom. The first-order valence-corrected chi connectivity index (χ1v) is 4.90. The number of rotatable bonds is 2. The van der Waals surface area contributed by atoms with Crippen LogP contribution in [0.3, 0.4) is 0 Å². The summed E-state index contributed by atoms with van der Waals surface area (Å²) in [6, 6.07) is 7.06. The van der Waals surface area contributed by atoms with E-state index in [2.05, 4.69) is 5.32 Å². The second-order valence-corrected chi connectivity index (χ2v) is 3.56. The summed E-state index contributed by atoms with van der Waals surface area (Å²) >= 11 is 0. The molecule has 1 aromatic carbocycles. The van der Waals surface area contributed by atoms with Gasteiger partial charge in [-0.05, 0) is 24.1 Å². The largest absolute Gasteiger partial charge is 0.379 e. The summed E-state index contributed by atoms with van der Waals surface area (Å²) in [5.74, 6) is -0.167. The lowest BCUT2D eigenvalue weighted by molar-refractivity contribution is 0.0770. The fourth-order valence-electron chi connectivity index (χ4n) is 1.70. The van der Waals surface area contributed by atoms with Crippen LogP contribution in [-0.2, 0) is 11.2 Å². The molecule has 2 nitrogen and oxygen atoms in total. The van der Waals surface area contributed by atoms with Gasteiger partial charge in [0, 0.05) is 12.6 Å². The SMILES string of the molecule is Fc1cccc(C[C@@H]2COCCN2)c1. The molecule has 0 spiro atoms. The number of morpholine rings is 1. The van der Waals surface area contributed by atoms with Crippen LogP contribution in [-0.4, -0.2) is 25.8 Å². The molecule has 0 amide bonds. The van der Waals surface area contributed by atoms with Crippen LogP contribution in [0.15, 0.2) is 24.3 Å². The molecule has 0 saturated carbocycles. The van der Waals surface area contributed by atoms with Gasteiger partial charge in [0.15, 0.2) is 0 Å². The van der Waals surface area contributed by atoms with Crippen LogP contribution in [0.2, 0.25) is 0 Å². The van der Waals surface area contributed by atoms with Gasteiger partial charge in [0.25, 0.3) is 0 Å². The van der Waals surface area contributed by atoms with Crippen LogP contribution >= 0.6 is 0 Å². The molecular formula is C11H14FNO. The molecule has 0 radical (unpaired) electrons. The summed E-state index contributed by atoms with van der Waals surface area (Å²) in [6.45, 7) is 2.39. The van der Waals surface area contributed by atoms with E-state index < -0.39 is 0 Å². The van der Waals surface area contributed by atoms with Crippen molar-refractivity contribution >= 4 is 0 Å². The van der Waals surface area contributed by atoms with E-state index in [1.165, 1.54) is 6.07 Å². The Morgan fingerprint density at radius 2 is 2.43 bits per heavy atom. The third-order valence-corrected chi connectivity index (χ3v) is 2.37.